The van der Waals surface area contributed by atoms with E-state index in [1.807, 2.05) is 62.4 Å². The average Bonchev–Trinajstić information content (AvgIpc) is 3.52. The molecule has 1 aliphatic carbocycles. The van der Waals surface area contributed by atoms with Crippen molar-refractivity contribution in [1.29, 1.82) is 0 Å². The van der Waals surface area contributed by atoms with E-state index < -0.39 is 0 Å². The lowest BCUT2D eigenvalue weighted by molar-refractivity contribution is -0.117. The largest absolute Gasteiger partial charge is 0.345 e. The molecule has 3 aromatic rings. The van der Waals surface area contributed by atoms with Gasteiger partial charge in [0, 0.05) is 16.1 Å². The summed E-state index contributed by atoms with van der Waals surface area (Å²) in [5.74, 6) is 0.0845. The fraction of sp³-hybridized carbons (Fsp3) is 0.261. The first-order chi connectivity index (χ1) is 14.4. The molecule has 0 radical (unpaired) electrons. The maximum absolute atomic E-state index is 12.8. The Balaban J connectivity index is 1.42. The van der Waals surface area contributed by atoms with Gasteiger partial charge < -0.3 is 10.6 Å². The summed E-state index contributed by atoms with van der Waals surface area (Å²) in [5, 5.41) is 10.3. The second-order valence-corrected chi connectivity index (χ2v) is 8.53. The number of anilines is 1. The fourth-order valence-corrected chi connectivity index (χ4v) is 3.54. The van der Waals surface area contributed by atoms with Gasteiger partial charge in [-0.2, -0.15) is 5.10 Å². The number of hydrogen-bond donors (Lipinski definition) is 2. The zero-order valence-corrected chi connectivity index (χ0v) is 18.4. The number of amides is 2. The van der Waals surface area contributed by atoms with Gasteiger partial charge in [0.2, 0.25) is 5.91 Å². The van der Waals surface area contributed by atoms with Gasteiger partial charge in [-0.3, -0.25) is 9.59 Å². The molecule has 1 unspecified atom stereocenters. The lowest BCUT2D eigenvalue weighted by Gasteiger charge is -2.15. The maximum atomic E-state index is 12.8. The van der Waals surface area contributed by atoms with E-state index in [-0.39, 0.29) is 23.8 Å². The van der Waals surface area contributed by atoms with E-state index in [1.165, 1.54) is 0 Å². The summed E-state index contributed by atoms with van der Waals surface area (Å²) in [6.45, 7) is 3.82. The normalized spacial score (nSPS) is 14.2. The van der Waals surface area contributed by atoms with Crippen LogP contribution in [0.15, 0.2) is 59.2 Å². The summed E-state index contributed by atoms with van der Waals surface area (Å²) in [4.78, 5) is 24.7. The number of hydrogen-bond acceptors (Lipinski definition) is 3. The van der Waals surface area contributed by atoms with Crippen LogP contribution in [0.2, 0.25) is 0 Å². The number of carbonyl (C=O) groups is 2. The Labute approximate surface area is 183 Å². The van der Waals surface area contributed by atoms with Crippen LogP contribution in [0.3, 0.4) is 0 Å². The first kappa shape index (κ1) is 20.3. The van der Waals surface area contributed by atoms with Gasteiger partial charge in [-0.1, -0.05) is 28.1 Å². The zero-order chi connectivity index (χ0) is 21.3. The third-order valence-corrected chi connectivity index (χ3v) is 5.83. The molecule has 1 aliphatic rings. The van der Waals surface area contributed by atoms with Crippen LogP contribution in [0.5, 0.6) is 0 Å². The van der Waals surface area contributed by atoms with Gasteiger partial charge in [0.05, 0.1) is 29.2 Å². The van der Waals surface area contributed by atoms with Gasteiger partial charge in [-0.15, -0.1) is 0 Å². The molecule has 1 aromatic heterocycles. The van der Waals surface area contributed by atoms with E-state index in [0.29, 0.717) is 5.56 Å². The van der Waals surface area contributed by atoms with Crippen molar-refractivity contribution in [3.8, 4) is 5.69 Å². The van der Waals surface area contributed by atoms with E-state index in [9.17, 15) is 9.59 Å². The Morgan fingerprint density at radius 2 is 1.77 bits per heavy atom. The van der Waals surface area contributed by atoms with Crippen LogP contribution in [0.4, 0.5) is 5.69 Å². The summed E-state index contributed by atoms with van der Waals surface area (Å²) in [6.07, 6.45) is 3.55. The van der Waals surface area contributed by atoms with Crippen LogP contribution in [0.1, 0.15) is 47.4 Å². The monoisotopic (exact) mass is 466 g/mol. The Kier molecular flexibility index (Phi) is 5.72. The molecular weight excluding hydrogens is 444 g/mol. The minimum Gasteiger partial charge on any atom is -0.345 e. The highest BCUT2D eigenvalue weighted by molar-refractivity contribution is 9.10. The van der Waals surface area contributed by atoms with Crippen LogP contribution in [0.25, 0.3) is 5.69 Å². The van der Waals surface area contributed by atoms with Crippen LogP contribution < -0.4 is 10.6 Å². The standard InChI is InChI=1S/C23H23BrN4O2/c1-14(16-5-9-19(10-6-16)27-22(29)17-3-4-17)26-23(30)21-13-25-28(15(21)2)20-11-7-18(24)8-12-20/h5-14,17H,3-4H2,1-2H3,(H,26,30)(H,27,29). The SMILES string of the molecule is Cc1c(C(=O)NC(C)c2ccc(NC(=O)C3CC3)cc2)cnn1-c1ccc(Br)cc1. The molecule has 0 bridgehead atoms. The van der Waals surface area contributed by atoms with Gasteiger partial charge in [-0.05, 0) is 68.7 Å². The molecule has 0 saturated heterocycles. The lowest BCUT2D eigenvalue weighted by atomic mass is 10.1. The van der Waals surface area contributed by atoms with Crippen LogP contribution in [0, 0.1) is 12.8 Å². The van der Waals surface area contributed by atoms with Crippen molar-refractivity contribution in [3.05, 3.63) is 76.0 Å². The third kappa shape index (κ3) is 4.46. The lowest BCUT2D eigenvalue weighted by Crippen LogP contribution is -2.27. The first-order valence-electron chi connectivity index (χ1n) is 9.94. The molecular formula is C23H23BrN4O2. The number of carbonyl (C=O) groups excluding carboxylic acids is 2. The molecule has 0 aliphatic heterocycles. The third-order valence-electron chi connectivity index (χ3n) is 5.30. The summed E-state index contributed by atoms with van der Waals surface area (Å²) in [5.41, 5.74) is 3.95. The van der Waals surface area contributed by atoms with Crippen LogP contribution in [-0.2, 0) is 4.79 Å². The molecule has 1 saturated carbocycles. The summed E-state index contributed by atoms with van der Waals surface area (Å²) < 4.78 is 2.74. The minimum absolute atomic E-state index is 0.0855. The Morgan fingerprint density at radius 1 is 1.10 bits per heavy atom. The molecule has 0 spiro atoms. The van der Waals surface area contributed by atoms with Crippen molar-refractivity contribution in [2.24, 2.45) is 5.92 Å². The second-order valence-electron chi connectivity index (χ2n) is 7.61. The topological polar surface area (TPSA) is 76.0 Å². The van der Waals surface area contributed by atoms with Gasteiger partial charge >= 0.3 is 0 Å². The highest BCUT2D eigenvalue weighted by atomic mass is 79.9. The first-order valence-corrected chi connectivity index (χ1v) is 10.7. The molecule has 4 rings (SSSR count). The van der Waals surface area contributed by atoms with Crippen molar-refractivity contribution in [2.75, 3.05) is 5.32 Å². The minimum atomic E-state index is -0.180. The van der Waals surface area contributed by atoms with Gasteiger partial charge in [0.25, 0.3) is 5.91 Å². The molecule has 154 valence electrons. The number of benzene rings is 2. The van der Waals surface area contributed by atoms with Crippen molar-refractivity contribution in [3.63, 3.8) is 0 Å². The molecule has 1 fully saturated rings. The smallest absolute Gasteiger partial charge is 0.255 e. The van der Waals surface area contributed by atoms with Crippen LogP contribution >= 0.6 is 15.9 Å². The highest BCUT2D eigenvalue weighted by Crippen LogP contribution is 2.30. The van der Waals surface area contributed by atoms with Gasteiger partial charge in [0.15, 0.2) is 0 Å². The predicted octanol–water partition coefficient (Wildman–Crippen LogP) is 4.78. The van der Waals surface area contributed by atoms with Crippen molar-refractivity contribution in [1.82, 2.24) is 15.1 Å². The molecule has 2 N–H and O–H groups in total. The van der Waals surface area contributed by atoms with Crippen molar-refractivity contribution in [2.45, 2.75) is 32.7 Å². The van der Waals surface area contributed by atoms with E-state index in [1.54, 1.807) is 10.9 Å². The molecule has 1 atom stereocenters. The number of rotatable bonds is 6. The molecule has 30 heavy (non-hydrogen) atoms. The molecule has 2 amide bonds. The second kappa shape index (κ2) is 8.44. The average molecular weight is 467 g/mol. The zero-order valence-electron chi connectivity index (χ0n) is 16.9. The van der Waals surface area contributed by atoms with E-state index in [4.69, 9.17) is 0 Å². The molecule has 2 aromatic carbocycles. The maximum Gasteiger partial charge on any atom is 0.255 e. The van der Waals surface area contributed by atoms with E-state index in [2.05, 4.69) is 31.7 Å². The Bertz CT molecular complexity index is 1070. The van der Waals surface area contributed by atoms with Crippen molar-refractivity contribution >= 4 is 33.4 Å². The summed E-state index contributed by atoms with van der Waals surface area (Å²) >= 11 is 3.42. The highest BCUT2D eigenvalue weighted by Gasteiger charge is 2.29. The van der Waals surface area contributed by atoms with Gasteiger partial charge in [-0.25, -0.2) is 4.68 Å². The van der Waals surface area contributed by atoms with E-state index in [0.717, 1.165) is 39.9 Å². The predicted molar refractivity (Wildman–Crippen MR) is 120 cm³/mol. The number of halogens is 1. The van der Waals surface area contributed by atoms with Gasteiger partial charge in [0.1, 0.15) is 0 Å². The molecule has 1 heterocycles. The quantitative estimate of drug-likeness (QED) is 0.548. The fourth-order valence-electron chi connectivity index (χ4n) is 3.28. The number of aromatic nitrogens is 2. The van der Waals surface area contributed by atoms with Crippen LogP contribution in [-0.4, -0.2) is 21.6 Å². The van der Waals surface area contributed by atoms with E-state index >= 15 is 0 Å². The Hall–Kier alpha value is -2.93. The summed E-state index contributed by atoms with van der Waals surface area (Å²) in [7, 11) is 0. The number of nitrogens with one attached hydrogen (secondary N) is 2. The van der Waals surface area contributed by atoms with Crippen molar-refractivity contribution < 1.29 is 9.59 Å². The summed E-state index contributed by atoms with van der Waals surface area (Å²) in [6, 6.07) is 15.2. The molecule has 6 nitrogen and oxygen atoms in total. The molecule has 7 heteroatoms. The number of nitrogens with zero attached hydrogens (tertiary/aromatic N) is 2. The Morgan fingerprint density at radius 3 is 2.40 bits per heavy atom.